The Morgan fingerprint density at radius 2 is 1.11 bits per heavy atom. The molecule has 0 fully saturated rings. The van der Waals surface area contributed by atoms with Crippen molar-refractivity contribution in [2.45, 2.75) is 38.4 Å². The number of carbonyl (C=O) groups is 4. The summed E-state index contributed by atoms with van der Waals surface area (Å²) in [6, 6.07) is 12.7. The molecule has 0 aliphatic carbocycles. The van der Waals surface area contributed by atoms with Crippen molar-refractivity contribution in [1.82, 2.24) is 14.7 Å². The van der Waals surface area contributed by atoms with Crippen LogP contribution in [0.3, 0.4) is 0 Å². The van der Waals surface area contributed by atoms with Crippen LogP contribution in [0.1, 0.15) is 67.6 Å². The fourth-order valence-electron chi connectivity index (χ4n) is 4.97. The number of fused-ring (bicyclic) bond motifs is 2. The molecule has 0 N–H and O–H groups in total. The minimum absolute atomic E-state index is 0.271. The standard InChI is InChI=1S/C28H29N3O4/c1-4-7-16-23(29(17-5-2)18-6-3)24(30-25(32)19-12-8-9-13-20(19)26(30)33)31-27(34)21-14-10-11-15-22(21)28(31)35/h5-6,8-15,23-24H,2-4,7,16-18H2,1H3. The first kappa shape index (κ1) is 24.3. The van der Waals surface area contributed by atoms with Crippen molar-refractivity contribution in [1.29, 1.82) is 0 Å². The van der Waals surface area contributed by atoms with Gasteiger partial charge in [0.05, 0.1) is 28.3 Å². The predicted molar refractivity (Wildman–Crippen MR) is 133 cm³/mol. The highest BCUT2D eigenvalue weighted by Gasteiger charge is 2.52. The molecule has 2 aliphatic heterocycles. The number of amides is 4. The Bertz CT molecular complexity index is 1050. The summed E-state index contributed by atoms with van der Waals surface area (Å²) in [4.78, 5) is 58.6. The molecule has 0 spiro atoms. The molecule has 0 aromatic heterocycles. The molecule has 2 aromatic rings. The Morgan fingerprint density at radius 1 is 0.743 bits per heavy atom. The van der Waals surface area contributed by atoms with Crippen molar-refractivity contribution in [2.24, 2.45) is 0 Å². The highest BCUT2D eigenvalue weighted by molar-refractivity contribution is 6.24. The minimum Gasteiger partial charge on any atom is -0.289 e. The molecule has 180 valence electrons. The second kappa shape index (κ2) is 10.2. The molecule has 2 heterocycles. The zero-order chi connectivity index (χ0) is 25.1. The number of hydrogen-bond donors (Lipinski definition) is 0. The van der Waals surface area contributed by atoms with Gasteiger partial charge in [-0.05, 0) is 30.7 Å². The number of benzene rings is 2. The van der Waals surface area contributed by atoms with E-state index in [1.54, 1.807) is 60.7 Å². The lowest BCUT2D eigenvalue weighted by Gasteiger charge is -2.43. The molecule has 7 nitrogen and oxygen atoms in total. The zero-order valence-corrected chi connectivity index (χ0v) is 19.9. The van der Waals surface area contributed by atoms with Crippen molar-refractivity contribution in [2.75, 3.05) is 13.1 Å². The number of imide groups is 2. The summed E-state index contributed by atoms with van der Waals surface area (Å²) in [7, 11) is 0. The second-order valence-corrected chi connectivity index (χ2v) is 8.71. The summed E-state index contributed by atoms with van der Waals surface area (Å²) >= 11 is 0. The largest absolute Gasteiger partial charge is 0.289 e. The van der Waals surface area contributed by atoms with E-state index in [1.807, 2.05) is 11.8 Å². The lowest BCUT2D eigenvalue weighted by atomic mass is 10.0. The third-order valence-corrected chi connectivity index (χ3v) is 6.57. The molecule has 0 saturated heterocycles. The van der Waals surface area contributed by atoms with Gasteiger partial charge < -0.3 is 0 Å². The van der Waals surface area contributed by atoms with Gasteiger partial charge in [0.2, 0.25) is 0 Å². The van der Waals surface area contributed by atoms with Crippen LogP contribution in [0.5, 0.6) is 0 Å². The van der Waals surface area contributed by atoms with E-state index >= 15 is 0 Å². The first-order valence-corrected chi connectivity index (χ1v) is 11.9. The number of rotatable bonds is 11. The summed E-state index contributed by atoms with van der Waals surface area (Å²) < 4.78 is 0. The van der Waals surface area contributed by atoms with Crippen LogP contribution in [-0.2, 0) is 0 Å². The van der Waals surface area contributed by atoms with Gasteiger partial charge >= 0.3 is 0 Å². The quantitative estimate of drug-likeness (QED) is 0.364. The van der Waals surface area contributed by atoms with Gasteiger partial charge in [-0.25, -0.2) is 0 Å². The van der Waals surface area contributed by atoms with E-state index in [4.69, 9.17) is 0 Å². The Morgan fingerprint density at radius 3 is 1.43 bits per heavy atom. The highest BCUT2D eigenvalue weighted by Crippen LogP contribution is 2.34. The number of unbranched alkanes of at least 4 members (excludes halogenated alkanes) is 1. The van der Waals surface area contributed by atoms with Gasteiger partial charge in [-0.15, -0.1) is 13.2 Å². The summed E-state index contributed by atoms with van der Waals surface area (Å²) in [6.45, 7) is 10.6. The van der Waals surface area contributed by atoms with E-state index < -0.39 is 35.8 Å². The van der Waals surface area contributed by atoms with Crippen molar-refractivity contribution < 1.29 is 19.2 Å². The Balaban J connectivity index is 1.88. The molecule has 4 amide bonds. The number of carbonyl (C=O) groups excluding carboxylic acids is 4. The molecule has 0 saturated carbocycles. The van der Waals surface area contributed by atoms with Crippen LogP contribution in [0.4, 0.5) is 0 Å². The average molecular weight is 472 g/mol. The Kier molecular flexibility index (Phi) is 7.07. The molecule has 35 heavy (non-hydrogen) atoms. The Labute approximate surface area is 205 Å². The SMILES string of the molecule is C=CCN(CC=C)C(CCCC)C(N1C(=O)c2ccccc2C1=O)N1C(=O)c2ccccc2C1=O. The van der Waals surface area contributed by atoms with Crippen molar-refractivity contribution in [3.63, 3.8) is 0 Å². The first-order valence-electron chi connectivity index (χ1n) is 11.9. The van der Waals surface area contributed by atoms with Crippen molar-refractivity contribution in [3.05, 3.63) is 96.1 Å². The molecule has 4 rings (SSSR count). The van der Waals surface area contributed by atoms with Crippen molar-refractivity contribution in [3.8, 4) is 0 Å². The molecular formula is C28H29N3O4. The minimum atomic E-state index is -1.12. The summed E-state index contributed by atoms with van der Waals surface area (Å²) in [5.74, 6) is -2.03. The molecule has 2 aliphatic rings. The van der Waals surface area contributed by atoms with E-state index in [-0.39, 0.29) is 22.3 Å². The van der Waals surface area contributed by atoms with Crippen LogP contribution >= 0.6 is 0 Å². The van der Waals surface area contributed by atoms with Crippen molar-refractivity contribution >= 4 is 23.6 Å². The smallest absolute Gasteiger partial charge is 0.263 e. The van der Waals surface area contributed by atoms with Gasteiger partial charge in [-0.2, -0.15) is 0 Å². The maximum absolute atomic E-state index is 13.6. The zero-order valence-electron chi connectivity index (χ0n) is 19.9. The maximum atomic E-state index is 13.6. The molecular weight excluding hydrogens is 442 g/mol. The molecule has 0 radical (unpaired) electrons. The predicted octanol–water partition coefficient (Wildman–Crippen LogP) is 4.14. The molecule has 7 heteroatoms. The second-order valence-electron chi connectivity index (χ2n) is 8.71. The monoisotopic (exact) mass is 471 g/mol. The normalized spacial score (nSPS) is 15.7. The van der Waals surface area contributed by atoms with Gasteiger partial charge in [0.15, 0.2) is 0 Å². The average Bonchev–Trinajstić information content (AvgIpc) is 3.27. The fraction of sp³-hybridized carbons (Fsp3) is 0.286. The molecule has 2 aromatic carbocycles. The topological polar surface area (TPSA) is 78.0 Å². The van der Waals surface area contributed by atoms with E-state index in [0.29, 0.717) is 19.5 Å². The summed E-state index contributed by atoms with van der Waals surface area (Å²) in [5.41, 5.74) is 1.08. The van der Waals surface area contributed by atoms with Gasteiger partial charge in [0.1, 0.15) is 6.17 Å². The molecule has 1 atom stereocenters. The van der Waals surface area contributed by atoms with Crippen LogP contribution in [0, 0.1) is 0 Å². The van der Waals surface area contributed by atoms with Crippen LogP contribution < -0.4 is 0 Å². The highest BCUT2D eigenvalue weighted by atomic mass is 16.2. The van der Waals surface area contributed by atoms with Gasteiger partial charge in [-0.1, -0.05) is 56.2 Å². The van der Waals surface area contributed by atoms with Gasteiger partial charge in [0, 0.05) is 13.1 Å². The lowest BCUT2D eigenvalue weighted by Crippen LogP contribution is -2.63. The third-order valence-electron chi connectivity index (χ3n) is 6.57. The Hall–Kier alpha value is -3.84. The lowest BCUT2D eigenvalue weighted by molar-refractivity contribution is 0.00381. The summed E-state index contributed by atoms with van der Waals surface area (Å²) in [5, 5.41) is 0. The maximum Gasteiger partial charge on any atom is 0.263 e. The van der Waals surface area contributed by atoms with E-state index in [0.717, 1.165) is 22.6 Å². The van der Waals surface area contributed by atoms with Crippen LogP contribution in [0.15, 0.2) is 73.8 Å². The van der Waals surface area contributed by atoms with Crippen LogP contribution in [-0.4, -0.2) is 63.6 Å². The van der Waals surface area contributed by atoms with Crippen LogP contribution in [0.2, 0.25) is 0 Å². The van der Waals surface area contributed by atoms with Crippen LogP contribution in [0.25, 0.3) is 0 Å². The number of nitrogens with zero attached hydrogens (tertiary/aromatic N) is 3. The van der Waals surface area contributed by atoms with E-state index in [1.165, 1.54) is 0 Å². The summed E-state index contributed by atoms with van der Waals surface area (Å²) in [6.07, 6.45) is 4.53. The van der Waals surface area contributed by atoms with E-state index in [2.05, 4.69) is 13.2 Å². The van der Waals surface area contributed by atoms with Gasteiger partial charge in [-0.3, -0.25) is 33.9 Å². The van der Waals surface area contributed by atoms with E-state index in [9.17, 15) is 19.2 Å². The number of hydrogen-bond acceptors (Lipinski definition) is 5. The third kappa shape index (κ3) is 4.12. The fourth-order valence-corrected chi connectivity index (χ4v) is 4.97. The van der Waals surface area contributed by atoms with Gasteiger partial charge in [0.25, 0.3) is 23.6 Å². The molecule has 1 unspecified atom stereocenters. The first-order chi connectivity index (χ1) is 17.0. The molecule has 0 bridgehead atoms.